The molecule has 3 aromatic carbocycles. The van der Waals surface area contributed by atoms with Crippen LogP contribution in [0.25, 0.3) is 0 Å². The molecule has 3 aromatic rings. The first-order valence-corrected chi connectivity index (χ1v) is 9.71. The molecule has 5 nitrogen and oxygen atoms in total. The molecular formula is C20H10Cl4Na2O5. The Balaban J connectivity index is 0.00000136. The van der Waals surface area contributed by atoms with Crippen LogP contribution >= 0.6 is 46.4 Å². The Kier molecular flexibility index (Phi) is 7.19. The van der Waals surface area contributed by atoms with Crippen molar-refractivity contribution in [1.82, 2.24) is 0 Å². The number of benzene rings is 3. The molecule has 0 atom stereocenters. The average Bonchev–Trinajstić information content (AvgIpc) is 2.97. The molecule has 11 heteroatoms. The molecule has 0 bridgehead atoms. The number of hydrogen-bond donors (Lipinski definition) is 2. The number of phenolic OH excluding ortho intramolecular Hbond substituents is 2. The van der Waals surface area contributed by atoms with E-state index in [9.17, 15) is 15.0 Å². The summed E-state index contributed by atoms with van der Waals surface area (Å²) in [6.45, 7) is 0. The maximum atomic E-state index is 12.9. The van der Waals surface area contributed by atoms with Crippen LogP contribution < -0.4 is 63.9 Å². The Morgan fingerprint density at radius 2 is 1.26 bits per heavy atom. The molecule has 0 amide bonds. The minimum atomic E-state index is -1.56. The van der Waals surface area contributed by atoms with Crippen molar-refractivity contribution < 1.29 is 86.4 Å². The molecule has 0 aliphatic carbocycles. The number of hydrogen-bond acceptors (Lipinski definition) is 5. The number of esters is 1. The standard InChI is InChI=1S/C20H8Cl4O5.2Na.2H/c21-15-13-14(16(22)18(24)17(15)23)20(29-19(13)27)9-3-1-7(25)5-11(9)28-12-6-8(26)2-4-10(12)20;;;;/h1-6,25-26H;;;;/q;2*+1;2*-1. The number of aromatic hydroxyl groups is 2. The molecule has 2 aliphatic heterocycles. The van der Waals surface area contributed by atoms with Crippen molar-refractivity contribution in [1.29, 1.82) is 0 Å². The molecule has 150 valence electrons. The van der Waals surface area contributed by atoms with Gasteiger partial charge in [0.25, 0.3) is 0 Å². The summed E-state index contributed by atoms with van der Waals surface area (Å²) in [7, 11) is 0. The van der Waals surface area contributed by atoms with Gasteiger partial charge in [0.05, 0.1) is 25.7 Å². The van der Waals surface area contributed by atoms with E-state index in [0.717, 1.165) is 0 Å². The zero-order valence-electron chi connectivity index (χ0n) is 18.1. The van der Waals surface area contributed by atoms with Crippen molar-refractivity contribution in [3.05, 3.63) is 78.7 Å². The molecule has 2 heterocycles. The molecule has 0 fully saturated rings. The second kappa shape index (κ2) is 8.80. The molecular weight excluding hydrogens is 508 g/mol. The van der Waals surface area contributed by atoms with Gasteiger partial charge < -0.3 is 22.5 Å². The molecule has 0 saturated carbocycles. The number of halogens is 4. The quantitative estimate of drug-likeness (QED) is 0.197. The smallest absolute Gasteiger partial charge is 1.00 e. The van der Waals surface area contributed by atoms with Crippen LogP contribution in [-0.4, -0.2) is 16.2 Å². The van der Waals surface area contributed by atoms with Crippen LogP contribution in [0.2, 0.25) is 20.1 Å². The van der Waals surface area contributed by atoms with Crippen molar-refractivity contribution in [2.75, 3.05) is 0 Å². The predicted octanol–water partition coefficient (Wildman–Crippen LogP) is 0.512. The number of phenols is 2. The van der Waals surface area contributed by atoms with Gasteiger partial charge in [-0.05, 0) is 24.3 Å². The van der Waals surface area contributed by atoms with Crippen LogP contribution in [0.15, 0.2) is 36.4 Å². The second-order valence-electron chi connectivity index (χ2n) is 6.54. The fourth-order valence-electron chi connectivity index (χ4n) is 3.81. The normalized spacial score (nSPS) is 14.4. The SMILES string of the molecule is O=C1OC2(c3ccc(O)cc3Oc3cc(O)ccc32)c2c(Cl)c(Cl)c(Cl)c(Cl)c21.[H-].[H-].[Na+].[Na+]. The van der Waals surface area contributed by atoms with E-state index in [4.69, 9.17) is 55.9 Å². The Morgan fingerprint density at radius 3 is 1.77 bits per heavy atom. The van der Waals surface area contributed by atoms with Gasteiger partial charge in [0.15, 0.2) is 5.60 Å². The van der Waals surface area contributed by atoms with E-state index in [1.807, 2.05) is 0 Å². The summed E-state index contributed by atoms with van der Waals surface area (Å²) in [5.41, 5.74) is -0.559. The molecule has 0 radical (unpaired) electrons. The molecule has 2 N–H and O–H groups in total. The third-order valence-corrected chi connectivity index (χ3v) is 6.78. The number of carbonyl (C=O) groups excluding carboxylic acids is 1. The summed E-state index contributed by atoms with van der Waals surface area (Å²) in [4.78, 5) is 12.9. The van der Waals surface area contributed by atoms with Gasteiger partial charge in [0.1, 0.15) is 23.0 Å². The fraction of sp³-hybridized carbons (Fsp3) is 0.0500. The van der Waals surface area contributed by atoms with Gasteiger partial charge in [-0.1, -0.05) is 46.4 Å². The first kappa shape index (κ1) is 25.3. The Labute approximate surface area is 243 Å². The topological polar surface area (TPSA) is 76.0 Å². The van der Waals surface area contributed by atoms with Crippen LogP contribution in [0.4, 0.5) is 0 Å². The number of rotatable bonds is 0. The first-order chi connectivity index (χ1) is 13.8. The summed E-state index contributed by atoms with van der Waals surface area (Å²) < 4.78 is 11.7. The van der Waals surface area contributed by atoms with Crippen LogP contribution in [0, 0.1) is 0 Å². The Morgan fingerprint density at radius 1 is 0.774 bits per heavy atom. The van der Waals surface area contributed by atoms with Crippen molar-refractivity contribution in [3.8, 4) is 23.0 Å². The summed E-state index contributed by atoms with van der Waals surface area (Å²) in [6, 6.07) is 8.68. The van der Waals surface area contributed by atoms with Gasteiger partial charge in [0.2, 0.25) is 0 Å². The molecule has 5 rings (SSSR count). The van der Waals surface area contributed by atoms with Gasteiger partial charge in [0, 0.05) is 28.8 Å². The van der Waals surface area contributed by atoms with Crippen molar-refractivity contribution >= 4 is 52.4 Å². The Hall–Kier alpha value is -0.310. The fourth-order valence-corrected chi connectivity index (χ4v) is 4.87. The van der Waals surface area contributed by atoms with E-state index in [1.165, 1.54) is 24.3 Å². The maximum absolute atomic E-state index is 12.9. The number of fused-ring (bicyclic) bond motifs is 6. The number of ether oxygens (including phenoxy) is 2. The monoisotopic (exact) mass is 516 g/mol. The van der Waals surface area contributed by atoms with Gasteiger partial charge in [-0.3, -0.25) is 0 Å². The summed E-state index contributed by atoms with van der Waals surface area (Å²) >= 11 is 25.3. The van der Waals surface area contributed by atoms with Gasteiger partial charge >= 0.3 is 65.1 Å². The molecule has 31 heavy (non-hydrogen) atoms. The van der Waals surface area contributed by atoms with Crippen molar-refractivity contribution in [3.63, 3.8) is 0 Å². The third kappa shape index (κ3) is 3.50. The van der Waals surface area contributed by atoms with Gasteiger partial charge in [-0.2, -0.15) is 0 Å². The molecule has 1 spiro atoms. The van der Waals surface area contributed by atoms with Gasteiger partial charge in [-0.25, -0.2) is 4.79 Å². The average molecular weight is 518 g/mol. The zero-order chi connectivity index (χ0) is 20.7. The molecule has 0 unspecified atom stereocenters. The summed E-state index contributed by atoms with van der Waals surface area (Å²) in [6.07, 6.45) is 0. The first-order valence-electron chi connectivity index (χ1n) is 8.20. The third-order valence-electron chi connectivity index (χ3n) is 4.98. The van der Waals surface area contributed by atoms with E-state index >= 15 is 0 Å². The number of carbonyl (C=O) groups is 1. The van der Waals surface area contributed by atoms with E-state index in [2.05, 4.69) is 0 Å². The van der Waals surface area contributed by atoms with Crippen LogP contribution in [0.5, 0.6) is 23.0 Å². The molecule has 0 aromatic heterocycles. The van der Waals surface area contributed by atoms with E-state index in [-0.39, 0.29) is 116 Å². The van der Waals surface area contributed by atoms with E-state index in [1.54, 1.807) is 12.1 Å². The minimum absolute atomic E-state index is 0. The predicted molar refractivity (Wildman–Crippen MR) is 110 cm³/mol. The van der Waals surface area contributed by atoms with Crippen LogP contribution in [-0.2, 0) is 10.3 Å². The molecule has 2 aliphatic rings. The zero-order valence-corrected chi connectivity index (χ0v) is 23.1. The largest absolute Gasteiger partial charge is 1.00 e. The second-order valence-corrected chi connectivity index (χ2v) is 8.05. The summed E-state index contributed by atoms with van der Waals surface area (Å²) in [5, 5.41) is 19.7. The summed E-state index contributed by atoms with van der Waals surface area (Å²) in [5.74, 6) is -0.454. The van der Waals surface area contributed by atoms with E-state index in [0.29, 0.717) is 11.1 Å². The van der Waals surface area contributed by atoms with Crippen LogP contribution in [0.1, 0.15) is 29.9 Å². The molecule has 0 saturated heterocycles. The maximum Gasteiger partial charge on any atom is 1.00 e. The Bertz CT molecular complexity index is 1220. The minimum Gasteiger partial charge on any atom is -1.00 e. The van der Waals surface area contributed by atoms with Gasteiger partial charge in [-0.15, -0.1) is 0 Å². The van der Waals surface area contributed by atoms with Crippen molar-refractivity contribution in [2.45, 2.75) is 5.60 Å². The van der Waals surface area contributed by atoms with Crippen LogP contribution in [0.3, 0.4) is 0 Å². The van der Waals surface area contributed by atoms with Crippen molar-refractivity contribution in [2.24, 2.45) is 0 Å². The van der Waals surface area contributed by atoms with E-state index < -0.39 is 11.6 Å².